The first-order valence-electron chi connectivity index (χ1n) is 8.03. The molecule has 0 spiro atoms. The zero-order chi connectivity index (χ0) is 16.0. The molecule has 0 aliphatic rings. The van der Waals surface area contributed by atoms with E-state index in [0.29, 0.717) is 0 Å². The van der Waals surface area contributed by atoms with Crippen LogP contribution in [-0.2, 0) is 4.74 Å². The zero-order valence-corrected chi connectivity index (χ0v) is 14.5. The second-order valence-electron chi connectivity index (χ2n) is 5.75. The van der Waals surface area contributed by atoms with Gasteiger partial charge in [-0.2, -0.15) is 0 Å². The number of hydrogen-bond acceptors (Lipinski definition) is 1. The van der Waals surface area contributed by atoms with E-state index < -0.39 is 7.26 Å². The van der Waals surface area contributed by atoms with Crippen molar-refractivity contribution in [1.82, 2.24) is 0 Å². The third kappa shape index (κ3) is 3.22. The fourth-order valence-corrected chi connectivity index (χ4v) is 8.02. The van der Waals surface area contributed by atoms with E-state index in [9.17, 15) is 0 Å². The Morgan fingerprint density at radius 2 is 0.957 bits per heavy atom. The Hall–Kier alpha value is -1.95. The second kappa shape index (κ2) is 7.55. The van der Waals surface area contributed by atoms with Crippen molar-refractivity contribution < 1.29 is 4.74 Å². The van der Waals surface area contributed by atoms with Crippen LogP contribution >= 0.6 is 7.26 Å². The number of methoxy groups -OCH3 is 1. The van der Waals surface area contributed by atoms with E-state index in [1.54, 1.807) is 7.11 Å². The summed E-state index contributed by atoms with van der Waals surface area (Å²) in [5, 5.41) is 4.32. The van der Waals surface area contributed by atoms with Crippen molar-refractivity contribution in [3.63, 3.8) is 0 Å². The number of benzene rings is 3. The summed E-state index contributed by atoms with van der Waals surface area (Å²) in [6.45, 7) is 0.769. The summed E-state index contributed by atoms with van der Waals surface area (Å²) in [6.07, 6.45) is 1.04. The molecule has 0 saturated carbocycles. The molecule has 3 aromatic carbocycles. The molecule has 0 fully saturated rings. The van der Waals surface area contributed by atoms with E-state index in [4.69, 9.17) is 4.74 Å². The summed E-state index contributed by atoms with van der Waals surface area (Å²) in [5.74, 6) is 0. The Morgan fingerprint density at radius 1 is 0.609 bits per heavy atom. The van der Waals surface area contributed by atoms with Crippen LogP contribution in [0.3, 0.4) is 0 Å². The van der Waals surface area contributed by atoms with Crippen molar-refractivity contribution in [2.24, 2.45) is 0 Å². The summed E-state index contributed by atoms with van der Waals surface area (Å²) >= 11 is 0. The molecule has 0 aliphatic heterocycles. The van der Waals surface area contributed by atoms with Gasteiger partial charge in [0.25, 0.3) is 0 Å². The second-order valence-corrected chi connectivity index (χ2v) is 9.79. The molecule has 0 heterocycles. The van der Waals surface area contributed by atoms with Gasteiger partial charge in [0.15, 0.2) is 0 Å². The first-order chi connectivity index (χ1) is 11.4. The number of rotatable bonds is 6. The van der Waals surface area contributed by atoms with Crippen LogP contribution in [0.2, 0.25) is 0 Å². The van der Waals surface area contributed by atoms with Gasteiger partial charge in [-0.05, 0) is 0 Å². The molecule has 23 heavy (non-hydrogen) atoms. The van der Waals surface area contributed by atoms with Crippen LogP contribution in [0.1, 0.15) is 0 Å². The molecule has 0 amide bonds. The van der Waals surface area contributed by atoms with Crippen LogP contribution in [0, 0.1) is 0 Å². The van der Waals surface area contributed by atoms with Gasteiger partial charge in [-0.3, -0.25) is 0 Å². The predicted octanol–water partition coefficient (Wildman–Crippen LogP) is 3.36. The van der Waals surface area contributed by atoms with Crippen LogP contribution in [0.25, 0.3) is 0 Å². The molecule has 2 heteroatoms. The number of ether oxygens (including phenoxy) is 1. The van der Waals surface area contributed by atoms with E-state index in [0.717, 1.165) is 12.8 Å². The molecule has 3 aromatic rings. The molecule has 0 aromatic heterocycles. The van der Waals surface area contributed by atoms with Crippen molar-refractivity contribution in [2.45, 2.75) is 0 Å². The van der Waals surface area contributed by atoms with E-state index in [1.807, 2.05) is 0 Å². The van der Waals surface area contributed by atoms with E-state index in [2.05, 4.69) is 91.0 Å². The molecule has 0 N–H and O–H groups in total. The van der Waals surface area contributed by atoms with Crippen LogP contribution in [0.4, 0.5) is 0 Å². The topological polar surface area (TPSA) is 9.23 Å². The fraction of sp³-hybridized carbons (Fsp3) is 0.143. The van der Waals surface area contributed by atoms with Gasteiger partial charge in [0.2, 0.25) is 0 Å². The minimum absolute atomic E-state index is 0.769. The average Bonchev–Trinajstić information content (AvgIpc) is 2.65. The van der Waals surface area contributed by atoms with E-state index in [1.165, 1.54) is 15.9 Å². The molecule has 0 aliphatic carbocycles. The van der Waals surface area contributed by atoms with Crippen molar-refractivity contribution in [3.8, 4) is 0 Å². The molecule has 0 atom stereocenters. The Bertz CT molecular complexity index is 614. The van der Waals surface area contributed by atoms with Gasteiger partial charge in [-0.15, -0.1) is 0 Å². The standard InChI is InChI=1S/C21H23OP/c1-22-17-18-23(19-11-5-2-6-12-19,20-13-7-3-8-14-20)21-15-9-4-10-16-21/h2-16,23H,17-18H2,1H3. The summed E-state index contributed by atoms with van der Waals surface area (Å²) in [6, 6.07) is 32.8. The van der Waals surface area contributed by atoms with E-state index in [-0.39, 0.29) is 0 Å². The van der Waals surface area contributed by atoms with Crippen LogP contribution in [-0.4, -0.2) is 19.9 Å². The van der Waals surface area contributed by atoms with Crippen LogP contribution in [0.15, 0.2) is 91.0 Å². The molecule has 118 valence electrons. The van der Waals surface area contributed by atoms with Crippen molar-refractivity contribution in [2.75, 3.05) is 19.9 Å². The van der Waals surface area contributed by atoms with Crippen molar-refractivity contribution in [1.29, 1.82) is 0 Å². The normalized spacial score (nSPS) is 12.0. The Labute approximate surface area is 139 Å². The molecule has 0 bridgehead atoms. The first-order valence-corrected chi connectivity index (χ1v) is 10.2. The average molecular weight is 322 g/mol. The van der Waals surface area contributed by atoms with Gasteiger partial charge in [0.1, 0.15) is 0 Å². The predicted molar refractivity (Wildman–Crippen MR) is 103 cm³/mol. The minimum atomic E-state index is -2.07. The molecule has 1 nitrogen and oxygen atoms in total. The maximum atomic E-state index is 5.50. The SMILES string of the molecule is COCC[PH](c1ccccc1)(c1ccccc1)c1ccccc1. The molecule has 0 radical (unpaired) electrons. The van der Waals surface area contributed by atoms with Gasteiger partial charge in [0, 0.05) is 0 Å². The van der Waals surface area contributed by atoms with Crippen LogP contribution < -0.4 is 15.9 Å². The molecule has 0 unspecified atom stereocenters. The monoisotopic (exact) mass is 322 g/mol. The fourth-order valence-electron chi connectivity index (χ4n) is 3.36. The Balaban J connectivity index is 2.25. The summed E-state index contributed by atoms with van der Waals surface area (Å²) in [5.41, 5.74) is 0. The van der Waals surface area contributed by atoms with E-state index >= 15 is 0 Å². The molecular weight excluding hydrogens is 299 g/mol. The molecule has 0 saturated heterocycles. The van der Waals surface area contributed by atoms with Crippen molar-refractivity contribution >= 4 is 23.2 Å². The number of hydrogen-bond donors (Lipinski definition) is 0. The summed E-state index contributed by atoms with van der Waals surface area (Å²) < 4.78 is 5.50. The van der Waals surface area contributed by atoms with Gasteiger partial charge < -0.3 is 0 Å². The Morgan fingerprint density at radius 3 is 1.26 bits per heavy atom. The third-order valence-corrected chi connectivity index (χ3v) is 9.39. The van der Waals surface area contributed by atoms with Gasteiger partial charge in [-0.1, -0.05) is 0 Å². The summed E-state index contributed by atoms with van der Waals surface area (Å²) in [7, 11) is -0.278. The Kier molecular flexibility index (Phi) is 5.23. The molecule has 3 rings (SSSR count). The molecular formula is C21H23OP. The van der Waals surface area contributed by atoms with Gasteiger partial charge >= 0.3 is 139 Å². The van der Waals surface area contributed by atoms with Gasteiger partial charge in [0.05, 0.1) is 0 Å². The van der Waals surface area contributed by atoms with Crippen molar-refractivity contribution in [3.05, 3.63) is 91.0 Å². The van der Waals surface area contributed by atoms with Crippen LogP contribution in [0.5, 0.6) is 0 Å². The maximum absolute atomic E-state index is 5.50. The quantitative estimate of drug-likeness (QED) is 0.632. The first kappa shape index (κ1) is 15.9. The summed E-state index contributed by atoms with van der Waals surface area (Å²) in [4.78, 5) is 0. The zero-order valence-electron chi connectivity index (χ0n) is 13.5. The third-order valence-electron chi connectivity index (χ3n) is 4.48. The van der Waals surface area contributed by atoms with Gasteiger partial charge in [-0.25, -0.2) is 0 Å².